The minimum atomic E-state index is 0.320. The van der Waals surface area contributed by atoms with Crippen molar-refractivity contribution in [3.05, 3.63) is 29.3 Å². The highest BCUT2D eigenvalue weighted by Gasteiger charge is 2.30. The van der Waals surface area contributed by atoms with Gasteiger partial charge in [0.15, 0.2) is 0 Å². The molecule has 0 atom stereocenters. The maximum absolute atomic E-state index is 12.5. The third-order valence-electron chi connectivity index (χ3n) is 5.23. The number of quaternary nitrogens is 1. The number of nitrogens with one attached hydrogen (secondary N) is 1. The van der Waals surface area contributed by atoms with Crippen molar-refractivity contribution >= 4 is 27.5 Å². The molecule has 1 aromatic carbocycles. The van der Waals surface area contributed by atoms with E-state index in [0.29, 0.717) is 11.8 Å². The molecule has 5 heteroatoms. The maximum Gasteiger partial charge on any atom is 0.226 e. The predicted octanol–water partition coefficient (Wildman–Crippen LogP) is 1.71. The first-order valence-electron chi connectivity index (χ1n) is 8.76. The van der Waals surface area contributed by atoms with Crippen molar-refractivity contribution in [1.82, 2.24) is 9.88 Å². The van der Waals surface area contributed by atoms with Gasteiger partial charge in [0.2, 0.25) is 5.91 Å². The zero-order valence-electron chi connectivity index (χ0n) is 13.5. The highest BCUT2D eigenvalue weighted by Crippen LogP contribution is 2.26. The first kappa shape index (κ1) is 15.1. The Balaban J connectivity index is 1.33. The van der Waals surface area contributed by atoms with Crippen LogP contribution in [-0.2, 0) is 11.3 Å². The Morgan fingerprint density at radius 2 is 1.96 bits per heavy atom. The number of nitrogens with zero attached hydrogens (tertiary/aromatic N) is 2. The van der Waals surface area contributed by atoms with Gasteiger partial charge < -0.3 is 9.80 Å². The lowest BCUT2D eigenvalue weighted by atomic mass is 10.1. The number of aromatic nitrogens is 1. The van der Waals surface area contributed by atoms with Crippen LogP contribution in [-0.4, -0.2) is 42.0 Å². The lowest BCUT2D eigenvalue weighted by molar-refractivity contribution is -0.917. The number of carbonyl (C=O) groups excluding carboxylic acids is 1. The van der Waals surface area contributed by atoms with E-state index in [4.69, 9.17) is 4.98 Å². The van der Waals surface area contributed by atoms with Gasteiger partial charge in [-0.2, -0.15) is 0 Å². The van der Waals surface area contributed by atoms with Crippen molar-refractivity contribution < 1.29 is 9.69 Å². The molecule has 4 nitrogen and oxygen atoms in total. The fraction of sp³-hybridized carbons (Fsp3) is 0.556. The molecule has 1 saturated carbocycles. The van der Waals surface area contributed by atoms with Gasteiger partial charge in [-0.05, 0) is 25.0 Å². The van der Waals surface area contributed by atoms with Crippen LogP contribution in [0.25, 0.3) is 10.2 Å². The molecule has 23 heavy (non-hydrogen) atoms. The van der Waals surface area contributed by atoms with Crippen LogP contribution in [0.5, 0.6) is 0 Å². The molecular weight excluding hydrogens is 306 g/mol. The molecule has 4 rings (SSSR count). The normalized spacial score (nSPS) is 20.4. The monoisotopic (exact) mass is 330 g/mol. The topological polar surface area (TPSA) is 37.6 Å². The molecule has 0 unspecified atom stereocenters. The van der Waals surface area contributed by atoms with E-state index in [9.17, 15) is 4.79 Å². The zero-order valence-corrected chi connectivity index (χ0v) is 14.3. The Kier molecular flexibility index (Phi) is 4.31. The van der Waals surface area contributed by atoms with Crippen LogP contribution in [0.4, 0.5) is 0 Å². The number of fused-ring (bicyclic) bond motifs is 1. The van der Waals surface area contributed by atoms with Crippen LogP contribution in [0.3, 0.4) is 0 Å². The van der Waals surface area contributed by atoms with Crippen LogP contribution in [0.2, 0.25) is 0 Å². The molecule has 2 aromatic rings. The summed E-state index contributed by atoms with van der Waals surface area (Å²) in [6.45, 7) is 4.92. The average Bonchev–Trinajstić information content (AvgIpc) is 3.24. The second-order valence-corrected chi connectivity index (χ2v) is 7.92. The highest BCUT2D eigenvalue weighted by atomic mass is 32.1. The molecule has 2 aliphatic rings. The molecule has 1 saturated heterocycles. The molecule has 2 fully saturated rings. The zero-order chi connectivity index (χ0) is 15.6. The minimum absolute atomic E-state index is 0.320. The summed E-state index contributed by atoms with van der Waals surface area (Å²) in [6.07, 6.45) is 4.69. The van der Waals surface area contributed by atoms with Gasteiger partial charge in [0.25, 0.3) is 0 Å². The van der Waals surface area contributed by atoms with Gasteiger partial charge in [-0.15, -0.1) is 11.3 Å². The fourth-order valence-electron chi connectivity index (χ4n) is 3.86. The van der Waals surface area contributed by atoms with E-state index >= 15 is 0 Å². The van der Waals surface area contributed by atoms with E-state index < -0.39 is 0 Å². The fourth-order valence-corrected chi connectivity index (χ4v) is 4.90. The van der Waals surface area contributed by atoms with Gasteiger partial charge in [-0.1, -0.05) is 25.0 Å². The molecule has 1 aromatic heterocycles. The molecule has 0 spiro atoms. The molecular formula is C18H24N3OS+. The van der Waals surface area contributed by atoms with E-state index in [0.717, 1.165) is 51.1 Å². The quantitative estimate of drug-likeness (QED) is 0.930. The summed E-state index contributed by atoms with van der Waals surface area (Å²) in [5.41, 5.74) is 1.11. The molecule has 2 heterocycles. The summed E-state index contributed by atoms with van der Waals surface area (Å²) in [5.74, 6) is 0.738. The molecule has 1 N–H and O–H groups in total. The SMILES string of the molecule is O=C(C1CCCC1)N1CC[NH+](Cc2nc3ccccc3s2)CC1. The van der Waals surface area contributed by atoms with Crippen molar-refractivity contribution in [3.8, 4) is 0 Å². The predicted molar refractivity (Wildman–Crippen MR) is 92.6 cm³/mol. The summed E-state index contributed by atoms with van der Waals surface area (Å²) >= 11 is 1.81. The molecule has 0 radical (unpaired) electrons. The Bertz CT molecular complexity index is 651. The Labute approximate surface area is 141 Å². The van der Waals surface area contributed by atoms with Gasteiger partial charge in [-0.3, -0.25) is 4.79 Å². The van der Waals surface area contributed by atoms with Gasteiger partial charge in [0.05, 0.1) is 36.4 Å². The number of hydrogen-bond donors (Lipinski definition) is 1. The lowest BCUT2D eigenvalue weighted by Gasteiger charge is -2.33. The van der Waals surface area contributed by atoms with Crippen molar-refractivity contribution in [1.29, 1.82) is 0 Å². The standard InChI is InChI=1S/C18H23N3OS/c22-18(14-5-1-2-6-14)21-11-9-20(10-12-21)13-17-19-15-7-3-4-8-16(15)23-17/h3-4,7-8,14H,1-2,5-6,9-13H2/p+1. The number of rotatable bonds is 3. The second kappa shape index (κ2) is 6.57. The van der Waals surface area contributed by atoms with Crippen molar-refractivity contribution in [2.75, 3.05) is 26.2 Å². The molecule has 122 valence electrons. The smallest absolute Gasteiger partial charge is 0.226 e. The van der Waals surface area contributed by atoms with Crippen LogP contribution in [0.15, 0.2) is 24.3 Å². The largest absolute Gasteiger partial charge is 0.331 e. The maximum atomic E-state index is 12.5. The van der Waals surface area contributed by atoms with Crippen LogP contribution in [0, 0.1) is 5.92 Å². The van der Waals surface area contributed by atoms with Gasteiger partial charge in [-0.25, -0.2) is 4.98 Å². The van der Waals surface area contributed by atoms with E-state index in [-0.39, 0.29) is 0 Å². The molecule has 1 aliphatic heterocycles. The summed E-state index contributed by atoms with van der Waals surface area (Å²) in [7, 11) is 0. The van der Waals surface area contributed by atoms with Crippen LogP contribution in [0.1, 0.15) is 30.7 Å². The number of piperazine rings is 1. The number of carbonyl (C=O) groups is 1. The van der Waals surface area contributed by atoms with E-state index in [1.165, 1.54) is 22.5 Å². The third-order valence-corrected chi connectivity index (χ3v) is 6.26. The van der Waals surface area contributed by atoms with Gasteiger partial charge in [0, 0.05) is 5.92 Å². The Hall–Kier alpha value is -1.46. The second-order valence-electron chi connectivity index (χ2n) is 6.81. The number of para-hydroxylation sites is 1. The Morgan fingerprint density at radius 1 is 1.22 bits per heavy atom. The summed E-state index contributed by atoms with van der Waals surface area (Å²) in [4.78, 5) is 20.9. The molecule has 1 amide bonds. The first-order chi connectivity index (χ1) is 11.3. The van der Waals surface area contributed by atoms with Crippen molar-refractivity contribution in [3.63, 3.8) is 0 Å². The van der Waals surface area contributed by atoms with E-state index in [2.05, 4.69) is 23.1 Å². The van der Waals surface area contributed by atoms with Crippen molar-refractivity contribution in [2.45, 2.75) is 32.2 Å². The van der Waals surface area contributed by atoms with Crippen LogP contribution < -0.4 is 4.90 Å². The summed E-state index contributed by atoms with van der Waals surface area (Å²) in [5, 5.41) is 1.22. The minimum Gasteiger partial charge on any atom is -0.331 e. The number of thiazole rings is 1. The van der Waals surface area contributed by atoms with E-state index in [1.807, 2.05) is 6.07 Å². The van der Waals surface area contributed by atoms with Crippen molar-refractivity contribution in [2.24, 2.45) is 5.92 Å². The average molecular weight is 330 g/mol. The molecule has 0 bridgehead atoms. The highest BCUT2D eigenvalue weighted by molar-refractivity contribution is 7.18. The molecule has 1 aliphatic carbocycles. The van der Waals surface area contributed by atoms with E-state index in [1.54, 1.807) is 16.2 Å². The summed E-state index contributed by atoms with van der Waals surface area (Å²) in [6, 6.07) is 8.35. The third kappa shape index (κ3) is 3.26. The van der Waals surface area contributed by atoms with Gasteiger partial charge >= 0.3 is 0 Å². The first-order valence-corrected chi connectivity index (χ1v) is 9.58. The number of hydrogen-bond acceptors (Lipinski definition) is 3. The van der Waals surface area contributed by atoms with Gasteiger partial charge in [0.1, 0.15) is 11.6 Å². The van der Waals surface area contributed by atoms with Crippen LogP contribution >= 0.6 is 11.3 Å². The number of benzene rings is 1. The summed E-state index contributed by atoms with van der Waals surface area (Å²) < 4.78 is 1.27. The Morgan fingerprint density at radius 3 is 2.70 bits per heavy atom. The number of amides is 1. The lowest BCUT2D eigenvalue weighted by Crippen LogP contribution is -3.13.